The van der Waals surface area contributed by atoms with Gasteiger partial charge in [0.05, 0.1) is 18.2 Å². The van der Waals surface area contributed by atoms with Gasteiger partial charge in [0.2, 0.25) is 5.78 Å². The number of aliphatic hydroxyl groups excluding tert-OH is 2. The first-order valence-corrected chi connectivity index (χ1v) is 11.6. The molecular formula is C25H29N3O8. The zero-order valence-corrected chi connectivity index (χ0v) is 20.2. The number of Topliss-reactive ketones (excluding diaryl/α,β-unsaturated/α-hetero) is 3. The molecular weight excluding hydrogens is 470 g/mol. The molecule has 1 fully saturated rings. The fourth-order valence-electron chi connectivity index (χ4n) is 5.84. The second kappa shape index (κ2) is 8.84. The van der Waals surface area contributed by atoms with Crippen molar-refractivity contribution in [2.24, 2.45) is 17.6 Å². The number of phenols is 1. The van der Waals surface area contributed by atoms with Gasteiger partial charge in [-0.15, -0.1) is 0 Å². The van der Waals surface area contributed by atoms with Crippen molar-refractivity contribution in [1.29, 1.82) is 0 Å². The van der Waals surface area contributed by atoms with Crippen LogP contribution in [0.3, 0.4) is 0 Å². The van der Waals surface area contributed by atoms with Crippen molar-refractivity contribution in [2.45, 2.75) is 31.4 Å². The molecule has 4 atom stereocenters. The summed E-state index contributed by atoms with van der Waals surface area (Å²) < 4.78 is 0. The van der Waals surface area contributed by atoms with Crippen LogP contribution in [0.2, 0.25) is 0 Å². The molecule has 36 heavy (non-hydrogen) atoms. The molecule has 11 heteroatoms. The number of fused-ring (bicyclic) bond motifs is 3. The highest BCUT2D eigenvalue weighted by Crippen LogP contribution is 2.52. The lowest BCUT2D eigenvalue weighted by Gasteiger charge is -2.50. The number of likely N-dealkylation sites (N-methyl/N-ethyl adjacent to an activating group) is 2. The van der Waals surface area contributed by atoms with Gasteiger partial charge in [-0.3, -0.25) is 24.1 Å². The average molecular weight is 500 g/mol. The highest BCUT2D eigenvalue weighted by Gasteiger charge is 2.64. The standard InChI is InChI=1S/C25H29N3O8/c1-4-27-9-15(30)11-5-6-14(29)17-12(11)7-10-8-13-19(28(2)3)21(32)18(24(26)35)23(34)25(13,36)22(33)16(10)20(17)31/h5-6,10,13,19,27,29,31,34,36H,4,7-9H2,1-3H3,(H2,26,35)/t10-,13-,19-,25-/m0/s1. The molecule has 0 heterocycles. The van der Waals surface area contributed by atoms with Gasteiger partial charge in [-0.05, 0) is 57.1 Å². The Balaban J connectivity index is 1.93. The fraction of sp³-hybridized carbons (Fsp3) is 0.440. The van der Waals surface area contributed by atoms with E-state index in [2.05, 4.69) is 5.32 Å². The number of amides is 1. The zero-order valence-electron chi connectivity index (χ0n) is 20.2. The first-order valence-electron chi connectivity index (χ1n) is 11.6. The van der Waals surface area contributed by atoms with Crippen LogP contribution in [0.15, 0.2) is 29.0 Å². The van der Waals surface area contributed by atoms with Crippen molar-refractivity contribution in [2.75, 3.05) is 27.2 Å². The van der Waals surface area contributed by atoms with Crippen molar-refractivity contribution in [3.05, 3.63) is 45.7 Å². The van der Waals surface area contributed by atoms with Crippen molar-refractivity contribution in [3.8, 4) is 5.75 Å². The Hall–Kier alpha value is -3.54. The van der Waals surface area contributed by atoms with Gasteiger partial charge in [-0.1, -0.05) is 6.92 Å². The Morgan fingerprint density at radius 3 is 2.44 bits per heavy atom. The molecule has 0 spiro atoms. The molecule has 0 saturated heterocycles. The molecule has 3 aliphatic carbocycles. The van der Waals surface area contributed by atoms with Gasteiger partial charge in [-0.2, -0.15) is 0 Å². The number of benzene rings is 1. The lowest BCUT2D eigenvalue weighted by atomic mass is 9.57. The predicted molar refractivity (Wildman–Crippen MR) is 127 cm³/mol. The molecule has 1 saturated carbocycles. The third kappa shape index (κ3) is 3.46. The van der Waals surface area contributed by atoms with Crippen LogP contribution >= 0.6 is 0 Å². The Labute approximate surface area is 206 Å². The van der Waals surface area contributed by atoms with Crippen molar-refractivity contribution >= 4 is 29.0 Å². The molecule has 0 unspecified atom stereocenters. The normalized spacial score (nSPS) is 27.6. The molecule has 11 nitrogen and oxygen atoms in total. The maximum absolute atomic E-state index is 13.8. The fourth-order valence-corrected chi connectivity index (χ4v) is 5.84. The molecule has 0 bridgehead atoms. The van der Waals surface area contributed by atoms with E-state index in [-0.39, 0.29) is 47.6 Å². The van der Waals surface area contributed by atoms with Crippen molar-refractivity contribution < 1.29 is 39.6 Å². The van der Waals surface area contributed by atoms with Crippen LogP contribution in [0.25, 0.3) is 5.76 Å². The van der Waals surface area contributed by atoms with Gasteiger partial charge < -0.3 is 31.5 Å². The van der Waals surface area contributed by atoms with Crippen LogP contribution in [-0.2, 0) is 20.8 Å². The van der Waals surface area contributed by atoms with E-state index in [4.69, 9.17) is 5.73 Å². The summed E-state index contributed by atoms with van der Waals surface area (Å²) in [6.45, 7) is 2.43. The summed E-state index contributed by atoms with van der Waals surface area (Å²) in [7, 11) is 3.06. The lowest BCUT2D eigenvalue weighted by Crippen LogP contribution is -2.65. The highest BCUT2D eigenvalue weighted by atomic mass is 16.3. The van der Waals surface area contributed by atoms with Crippen LogP contribution in [0, 0.1) is 11.8 Å². The summed E-state index contributed by atoms with van der Waals surface area (Å²) >= 11 is 0. The topological polar surface area (TPSA) is 190 Å². The number of nitrogens with zero attached hydrogens (tertiary/aromatic N) is 1. The number of carbonyl (C=O) groups excluding carboxylic acids is 4. The quantitative estimate of drug-likeness (QED) is 0.225. The smallest absolute Gasteiger partial charge is 0.255 e. The number of rotatable bonds is 6. The lowest BCUT2D eigenvalue weighted by molar-refractivity contribution is -0.153. The molecule has 0 aliphatic heterocycles. The first-order chi connectivity index (χ1) is 16.9. The molecule has 192 valence electrons. The number of phenolic OH excluding ortho intramolecular Hbond substituents is 1. The summed E-state index contributed by atoms with van der Waals surface area (Å²) in [4.78, 5) is 53.1. The van der Waals surface area contributed by atoms with E-state index in [1.165, 1.54) is 31.1 Å². The maximum atomic E-state index is 13.8. The van der Waals surface area contributed by atoms with Crippen LogP contribution in [0.5, 0.6) is 5.75 Å². The Morgan fingerprint density at radius 2 is 1.86 bits per heavy atom. The number of aliphatic hydroxyl groups is 3. The van der Waals surface area contributed by atoms with E-state index in [0.29, 0.717) is 12.1 Å². The largest absolute Gasteiger partial charge is 0.508 e. The van der Waals surface area contributed by atoms with Gasteiger partial charge in [0.1, 0.15) is 22.8 Å². The summed E-state index contributed by atoms with van der Waals surface area (Å²) in [6.07, 6.45) is 0.0262. The Kier molecular flexibility index (Phi) is 6.27. The second-order valence-corrected chi connectivity index (χ2v) is 9.65. The van der Waals surface area contributed by atoms with Gasteiger partial charge in [0, 0.05) is 17.1 Å². The Morgan fingerprint density at radius 1 is 1.19 bits per heavy atom. The molecule has 7 N–H and O–H groups in total. The average Bonchev–Trinajstić information content (AvgIpc) is 2.79. The number of nitrogens with two attached hydrogens (primary N) is 1. The number of ketones is 3. The molecule has 1 aromatic rings. The summed E-state index contributed by atoms with van der Waals surface area (Å²) in [5.41, 5.74) is 2.01. The van der Waals surface area contributed by atoms with Crippen LogP contribution in [-0.4, -0.2) is 87.4 Å². The van der Waals surface area contributed by atoms with Crippen LogP contribution in [0.1, 0.15) is 34.8 Å². The molecule has 0 aromatic heterocycles. The van der Waals surface area contributed by atoms with E-state index in [1.54, 1.807) is 0 Å². The zero-order chi connectivity index (χ0) is 26.7. The minimum absolute atomic E-state index is 0.0305. The SMILES string of the molecule is CCNCC(=O)c1ccc(O)c2c1C[C@H]1C[C@H]3[C@H](N(C)C)C(=O)C(C(N)=O)=C(O)[C@@]3(O)C(=O)C1=C2O. The minimum atomic E-state index is -2.70. The van der Waals surface area contributed by atoms with Crippen LogP contribution in [0.4, 0.5) is 0 Å². The van der Waals surface area contributed by atoms with E-state index in [1.807, 2.05) is 6.92 Å². The number of primary amides is 1. The minimum Gasteiger partial charge on any atom is -0.508 e. The second-order valence-electron chi connectivity index (χ2n) is 9.65. The van der Waals surface area contributed by atoms with E-state index < -0.39 is 58.0 Å². The number of carbonyl (C=O) groups is 4. The number of hydrogen-bond donors (Lipinski definition) is 6. The van der Waals surface area contributed by atoms with E-state index in [0.717, 1.165) is 0 Å². The van der Waals surface area contributed by atoms with Crippen LogP contribution < -0.4 is 11.1 Å². The molecule has 3 aliphatic rings. The number of hydrogen-bond acceptors (Lipinski definition) is 10. The number of nitrogens with one attached hydrogen (secondary N) is 1. The third-order valence-corrected chi connectivity index (χ3v) is 7.44. The first kappa shape index (κ1) is 25.5. The van der Waals surface area contributed by atoms with Crippen molar-refractivity contribution in [3.63, 3.8) is 0 Å². The van der Waals surface area contributed by atoms with Crippen molar-refractivity contribution in [1.82, 2.24) is 10.2 Å². The molecule has 1 amide bonds. The maximum Gasteiger partial charge on any atom is 0.255 e. The van der Waals surface area contributed by atoms with E-state index >= 15 is 0 Å². The predicted octanol–water partition coefficient (Wildman–Crippen LogP) is -0.244. The van der Waals surface area contributed by atoms with Gasteiger partial charge in [0.25, 0.3) is 5.91 Å². The Bertz CT molecular complexity index is 1260. The summed E-state index contributed by atoms with van der Waals surface area (Å²) in [5, 5.41) is 47.1. The summed E-state index contributed by atoms with van der Waals surface area (Å²) in [6, 6.07) is 1.53. The van der Waals surface area contributed by atoms with Gasteiger partial charge >= 0.3 is 0 Å². The number of aromatic hydroxyl groups is 1. The molecule has 1 aromatic carbocycles. The molecule has 4 rings (SSSR count). The molecule has 0 radical (unpaired) electrons. The summed E-state index contributed by atoms with van der Waals surface area (Å²) in [5.74, 6) is -7.51. The van der Waals surface area contributed by atoms with E-state index in [9.17, 15) is 39.6 Å². The monoisotopic (exact) mass is 499 g/mol. The highest BCUT2D eigenvalue weighted by molar-refractivity contribution is 6.24. The van der Waals surface area contributed by atoms with Gasteiger partial charge in [0.15, 0.2) is 17.2 Å². The third-order valence-electron chi connectivity index (χ3n) is 7.44. The van der Waals surface area contributed by atoms with Gasteiger partial charge in [-0.25, -0.2) is 0 Å².